The van der Waals surface area contributed by atoms with Gasteiger partial charge >= 0.3 is 5.97 Å². The van der Waals surface area contributed by atoms with Crippen molar-refractivity contribution in [2.45, 2.75) is 38.6 Å². The molecule has 0 saturated carbocycles. The molecule has 1 amide bonds. The maximum atomic E-state index is 12.1. The summed E-state index contributed by atoms with van der Waals surface area (Å²) in [6.07, 6.45) is 1.12. The number of amides is 1. The molecule has 0 aromatic carbocycles. The largest absolute Gasteiger partial charge is 0.481 e. The Morgan fingerprint density at radius 1 is 1.44 bits per heavy atom. The number of hydrogen-bond donors (Lipinski definition) is 2. The Morgan fingerprint density at radius 2 is 2.06 bits per heavy atom. The molecule has 0 atom stereocenters. The van der Waals surface area contributed by atoms with Crippen molar-refractivity contribution < 1.29 is 14.7 Å². The number of nitrogens with one attached hydrogen (secondary N) is 1. The van der Waals surface area contributed by atoms with E-state index in [0.717, 1.165) is 3.79 Å². The van der Waals surface area contributed by atoms with E-state index >= 15 is 0 Å². The summed E-state index contributed by atoms with van der Waals surface area (Å²) >= 11 is 4.73. The van der Waals surface area contributed by atoms with Gasteiger partial charge in [-0.3, -0.25) is 9.59 Å². The molecule has 1 heterocycles. The molecule has 2 N–H and O–H groups in total. The van der Waals surface area contributed by atoms with Gasteiger partial charge in [0.05, 0.1) is 21.3 Å². The van der Waals surface area contributed by atoms with Gasteiger partial charge < -0.3 is 10.4 Å². The van der Waals surface area contributed by atoms with E-state index in [2.05, 4.69) is 21.2 Å². The molecule has 0 aliphatic heterocycles. The first-order valence-electron chi connectivity index (χ1n) is 5.71. The van der Waals surface area contributed by atoms with Crippen molar-refractivity contribution in [2.24, 2.45) is 0 Å². The van der Waals surface area contributed by atoms with Crippen molar-refractivity contribution in [2.75, 3.05) is 0 Å². The number of carboxylic acid groups (broad SMARTS) is 1. The van der Waals surface area contributed by atoms with Crippen LogP contribution in [0.3, 0.4) is 0 Å². The highest BCUT2D eigenvalue weighted by Crippen LogP contribution is 2.24. The molecule has 0 fully saturated rings. The zero-order chi connectivity index (χ0) is 13.8. The third-order valence-corrected chi connectivity index (χ3v) is 4.56. The van der Waals surface area contributed by atoms with Gasteiger partial charge in [0, 0.05) is 5.38 Å². The lowest BCUT2D eigenvalue weighted by Crippen LogP contribution is -2.49. The van der Waals surface area contributed by atoms with Crippen LogP contribution in [0.1, 0.15) is 43.5 Å². The maximum absolute atomic E-state index is 12.1. The summed E-state index contributed by atoms with van der Waals surface area (Å²) in [6, 6.07) is 1.73. The molecule has 1 aromatic heterocycles. The van der Waals surface area contributed by atoms with Crippen LogP contribution in [0.5, 0.6) is 0 Å². The molecule has 0 aliphatic rings. The van der Waals surface area contributed by atoms with E-state index in [9.17, 15) is 9.59 Å². The smallest absolute Gasteiger partial charge is 0.305 e. The number of carbonyl (C=O) groups is 2. The van der Waals surface area contributed by atoms with Crippen LogP contribution in [0.2, 0.25) is 0 Å². The summed E-state index contributed by atoms with van der Waals surface area (Å²) in [7, 11) is 0. The van der Waals surface area contributed by atoms with Gasteiger partial charge in [0.15, 0.2) is 0 Å². The molecule has 0 saturated heterocycles. The van der Waals surface area contributed by atoms with Crippen LogP contribution < -0.4 is 5.32 Å². The molecular formula is C12H16BrNO3S. The monoisotopic (exact) mass is 333 g/mol. The molecule has 18 heavy (non-hydrogen) atoms. The van der Waals surface area contributed by atoms with E-state index in [0.29, 0.717) is 18.4 Å². The van der Waals surface area contributed by atoms with Gasteiger partial charge in [-0.1, -0.05) is 13.8 Å². The molecule has 1 rings (SSSR count). The van der Waals surface area contributed by atoms with Crippen molar-refractivity contribution in [3.05, 3.63) is 20.8 Å². The van der Waals surface area contributed by atoms with Crippen LogP contribution in [0.15, 0.2) is 15.2 Å². The van der Waals surface area contributed by atoms with E-state index < -0.39 is 11.5 Å². The van der Waals surface area contributed by atoms with Crippen LogP contribution in [0, 0.1) is 0 Å². The van der Waals surface area contributed by atoms with Crippen molar-refractivity contribution in [1.82, 2.24) is 5.32 Å². The van der Waals surface area contributed by atoms with Gasteiger partial charge in [-0.25, -0.2) is 0 Å². The Balaban J connectivity index is 2.83. The van der Waals surface area contributed by atoms with Crippen molar-refractivity contribution in [1.29, 1.82) is 0 Å². The predicted molar refractivity (Wildman–Crippen MR) is 75.1 cm³/mol. The molecule has 0 aliphatic carbocycles. The van der Waals surface area contributed by atoms with E-state index in [-0.39, 0.29) is 12.3 Å². The minimum atomic E-state index is -0.898. The Bertz CT molecular complexity index is 440. The lowest BCUT2D eigenvalue weighted by atomic mass is 9.88. The highest BCUT2D eigenvalue weighted by atomic mass is 79.9. The minimum Gasteiger partial charge on any atom is -0.481 e. The van der Waals surface area contributed by atoms with Crippen molar-refractivity contribution in [3.8, 4) is 0 Å². The number of aliphatic carboxylic acids is 1. The van der Waals surface area contributed by atoms with Gasteiger partial charge in [0.2, 0.25) is 0 Å². The summed E-state index contributed by atoms with van der Waals surface area (Å²) in [6.45, 7) is 3.77. The molecule has 0 bridgehead atoms. The Hall–Kier alpha value is -0.880. The summed E-state index contributed by atoms with van der Waals surface area (Å²) in [5.41, 5.74) is -0.110. The molecular weight excluding hydrogens is 318 g/mol. The van der Waals surface area contributed by atoms with Crippen LogP contribution in [-0.4, -0.2) is 22.5 Å². The normalized spacial score (nSPS) is 11.3. The van der Waals surface area contributed by atoms with Gasteiger partial charge in [-0.15, -0.1) is 11.3 Å². The second-order valence-corrected chi connectivity index (χ2v) is 6.44. The fourth-order valence-corrected chi connectivity index (χ4v) is 2.89. The average Bonchev–Trinajstić information content (AvgIpc) is 2.74. The highest BCUT2D eigenvalue weighted by molar-refractivity contribution is 9.11. The number of thiophene rings is 1. The number of hydrogen-bond acceptors (Lipinski definition) is 3. The molecule has 100 valence electrons. The molecule has 1 aromatic rings. The molecule has 0 unspecified atom stereocenters. The average molecular weight is 334 g/mol. The lowest BCUT2D eigenvalue weighted by Gasteiger charge is -2.31. The zero-order valence-corrected chi connectivity index (χ0v) is 12.7. The van der Waals surface area contributed by atoms with Gasteiger partial charge in [-0.2, -0.15) is 0 Å². The Morgan fingerprint density at radius 3 is 2.44 bits per heavy atom. The van der Waals surface area contributed by atoms with Gasteiger partial charge in [0.1, 0.15) is 0 Å². The first kappa shape index (κ1) is 15.2. The third kappa shape index (κ3) is 3.81. The SMILES string of the molecule is CCC(CC)(CC(=O)O)NC(=O)c1csc(Br)c1. The van der Waals surface area contributed by atoms with Crippen LogP contribution in [0.25, 0.3) is 0 Å². The standard InChI is InChI=1S/C12H16BrNO3S/c1-3-12(4-2,6-10(15)16)14-11(17)8-5-9(13)18-7-8/h5,7H,3-4,6H2,1-2H3,(H,14,17)(H,15,16). The summed E-state index contributed by atoms with van der Waals surface area (Å²) in [4.78, 5) is 23.0. The number of halogens is 1. The van der Waals surface area contributed by atoms with Gasteiger partial charge in [-0.05, 0) is 34.8 Å². The fraction of sp³-hybridized carbons (Fsp3) is 0.500. The van der Waals surface area contributed by atoms with Crippen LogP contribution >= 0.6 is 27.3 Å². The molecule has 4 nitrogen and oxygen atoms in total. The Kier molecular flexibility index (Phi) is 5.34. The van der Waals surface area contributed by atoms with E-state index in [1.807, 2.05) is 13.8 Å². The van der Waals surface area contributed by atoms with Crippen LogP contribution in [0.4, 0.5) is 0 Å². The molecule has 6 heteroatoms. The van der Waals surface area contributed by atoms with E-state index in [4.69, 9.17) is 5.11 Å². The summed E-state index contributed by atoms with van der Waals surface area (Å²) in [5.74, 6) is -1.12. The number of rotatable bonds is 6. The topological polar surface area (TPSA) is 66.4 Å². The minimum absolute atomic E-state index is 0.0585. The predicted octanol–water partition coefficient (Wildman–Crippen LogP) is 3.27. The molecule has 0 radical (unpaired) electrons. The van der Waals surface area contributed by atoms with Crippen LogP contribution in [-0.2, 0) is 4.79 Å². The first-order valence-corrected chi connectivity index (χ1v) is 7.38. The zero-order valence-electron chi connectivity index (χ0n) is 10.3. The second kappa shape index (κ2) is 6.33. The summed E-state index contributed by atoms with van der Waals surface area (Å²) < 4.78 is 0.879. The van der Waals surface area contributed by atoms with Crippen molar-refractivity contribution in [3.63, 3.8) is 0 Å². The fourth-order valence-electron chi connectivity index (χ4n) is 1.75. The quantitative estimate of drug-likeness (QED) is 0.839. The number of carbonyl (C=O) groups excluding carboxylic acids is 1. The molecule has 0 spiro atoms. The number of carboxylic acids is 1. The Labute approximate surface area is 119 Å². The second-order valence-electron chi connectivity index (χ2n) is 4.15. The maximum Gasteiger partial charge on any atom is 0.305 e. The van der Waals surface area contributed by atoms with Gasteiger partial charge in [0.25, 0.3) is 5.91 Å². The highest BCUT2D eigenvalue weighted by Gasteiger charge is 2.31. The van der Waals surface area contributed by atoms with E-state index in [1.54, 1.807) is 11.4 Å². The van der Waals surface area contributed by atoms with Crippen molar-refractivity contribution >= 4 is 39.1 Å². The summed E-state index contributed by atoms with van der Waals surface area (Å²) in [5, 5.41) is 13.5. The lowest BCUT2D eigenvalue weighted by molar-refractivity contribution is -0.138. The first-order chi connectivity index (χ1) is 8.42. The third-order valence-electron chi connectivity index (χ3n) is 3.05. The van der Waals surface area contributed by atoms with E-state index in [1.165, 1.54) is 11.3 Å².